The first-order valence-corrected chi connectivity index (χ1v) is 5.12. The number of carbonyl (C=O) groups excluding carboxylic acids is 1. The molecule has 1 aliphatic rings. The highest BCUT2D eigenvalue weighted by molar-refractivity contribution is 5.85. The van der Waals surface area contributed by atoms with E-state index >= 15 is 0 Å². The molecule has 0 fully saturated rings. The second kappa shape index (κ2) is 4.88. The molecule has 0 amide bonds. The molecule has 1 heterocycles. The van der Waals surface area contributed by atoms with Crippen molar-refractivity contribution in [1.82, 2.24) is 4.90 Å². The molecule has 0 saturated carbocycles. The number of rotatable bonds is 3. The van der Waals surface area contributed by atoms with Crippen LogP contribution in [-0.4, -0.2) is 17.2 Å². The number of hydrogen-bond donors (Lipinski definition) is 0. The van der Waals surface area contributed by atoms with Gasteiger partial charge in [0.1, 0.15) is 0 Å². The van der Waals surface area contributed by atoms with Gasteiger partial charge >= 0.3 is 0 Å². The summed E-state index contributed by atoms with van der Waals surface area (Å²) in [6.45, 7) is 5.88. The molecule has 0 aromatic heterocycles. The van der Waals surface area contributed by atoms with Crippen molar-refractivity contribution in [2.24, 2.45) is 10.6 Å². The SMILES string of the molecule is CC(C)(C)C(=O)CN1C=CC=C/C1=C\N=O. The van der Waals surface area contributed by atoms with Gasteiger partial charge in [-0.3, -0.25) is 4.79 Å². The van der Waals surface area contributed by atoms with E-state index in [0.29, 0.717) is 5.70 Å². The predicted octanol–water partition coefficient (Wildman–Crippen LogP) is 2.59. The van der Waals surface area contributed by atoms with Crippen molar-refractivity contribution in [2.45, 2.75) is 20.8 Å². The van der Waals surface area contributed by atoms with E-state index in [0.717, 1.165) is 0 Å². The number of hydrogen-bond acceptors (Lipinski definition) is 4. The maximum atomic E-state index is 11.8. The fraction of sp³-hybridized carbons (Fsp3) is 0.417. The molecular formula is C12H16N2O2. The molecule has 4 nitrogen and oxygen atoms in total. The van der Waals surface area contributed by atoms with Gasteiger partial charge in [-0.2, -0.15) is 0 Å². The Labute approximate surface area is 95.3 Å². The summed E-state index contributed by atoms with van der Waals surface area (Å²) in [7, 11) is 0. The molecule has 0 aliphatic carbocycles. The molecule has 0 bridgehead atoms. The molecule has 0 N–H and O–H groups in total. The first-order valence-electron chi connectivity index (χ1n) is 5.12. The molecule has 0 unspecified atom stereocenters. The van der Waals surface area contributed by atoms with Gasteiger partial charge in [-0.05, 0) is 17.3 Å². The monoisotopic (exact) mass is 220 g/mol. The molecule has 0 radical (unpaired) electrons. The third-order valence-corrected chi connectivity index (χ3v) is 2.31. The van der Waals surface area contributed by atoms with Gasteiger partial charge in [0, 0.05) is 11.6 Å². The van der Waals surface area contributed by atoms with Crippen LogP contribution >= 0.6 is 0 Å². The van der Waals surface area contributed by atoms with Gasteiger partial charge in [0.2, 0.25) is 0 Å². The summed E-state index contributed by atoms with van der Waals surface area (Å²) in [5, 5.41) is 2.73. The van der Waals surface area contributed by atoms with Crippen LogP contribution in [0.3, 0.4) is 0 Å². The standard InChI is InChI=1S/C12H16N2O2/c1-12(2,3)11(15)9-14-7-5-4-6-10(14)8-13-16/h4-8H,9H2,1-3H3/b10-8+. The largest absolute Gasteiger partial charge is 0.339 e. The first-order chi connectivity index (χ1) is 7.45. The summed E-state index contributed by atoms with van der Waals surface area (Å²) in [5.74, 6) is 0.115. The second-order valence-electron chi connectivity index (χ2n) is 4.66. The van der Waals surface area contributed by atoms with Gasteiger partial charge in [-0.15, -0.1) is 4.91 Å². The summed E-state index contributed by atoms with van der Waals surface area (Å²) < 4.78 is 0. The van der Waals surface area contributed by atoms with Gasteiger partial charge in [0.15, 0.2) is 5.78 Å². The Bertz CT molecular complexity index is 373. The highest BCUT2D eigenvalue weighted by Gasteiger charge is 2.23. The minimum absolute atomic E-state index is 0.115. The quantitative estimate of drug-likeness (QED) is 0.687. The van der Waals surface area contributed by atoms with Gasteiger partial charge in [-0.1, -0.05) is 26.8 Å². The van der Waals surface area contributed by atoms with Gasteiger partial charge < -0.3 is 4.90 Å². The van der Waals surface area contributed by atoms with Crippen LogP contribution in [0.25, 0.3) is 0 Å². The van der Waals surface area contributed by atoms with E-state index < -0.39 is 0 Å². The topological polar surface area (TPSA) is 49.7 Å². The summed E-state index contributed by atoms with van der Waals surface area (Å²) in [5.41, 5.74) is 0.254. The van der Waals surface area contributed by atoms with Crippen LogP contribution in [0.2, 0.25) is 0 Å². The zero-order valence-corrected chi connectivity index (χ0v) is 9.80. The highest BCUT2D eigenvalue weighted by atomic mass is 16.2. The Kier molecular flexibility index (Phi) is 3.77. The van der Waals surface area contributed by atoms with E-state index in [1.54, 1.807) is 23.3 Å². The fourth-order valence-corrected chi connectivity index (χ4v) is 1.20. The summed E-state index contributed by atoms with van der Waals surface area (Å²) in [6, 6.07) is 0. The van der Waals surface area contributed by atoms with Crippen molar-refractivity contribution in [1.29, 1.82) is 0 Å². The van der Waals surface area contributed by atoms with Gasteiger partial charge in [-0.25, -0.2) is 0 Å². The summed E-state index contributed by atoms with van der Waals surface area (Å²) in [6.07, 6.45) is 8.33. The van der Waals surface area contributed by atoms with Crippen LogP contribution in [-0.2, 0) is 4.79 Å². The lowest BCUT2D eigenvalue weighted by atomic mass is 9.90. The van der Waals surface area contributed by atoms with Crippen molar-refractivity contribution >= 4 is 5.78 Å². The van der Waals surface area contributed by atoms with Crippen LogP contribution in [0.15, 0.2) is 41.5 Å². The highest BCUT2D eigenvalue weighted by Crippen LogP contribution is 2.19. The van der Waals surface area contributed by atoms with E-state index in [1.165, 1.54) is 6.20 Å². The zero-order chi connectivity index (χ0) is 12.2. The Morgan fingerprint density at radius 2 is 2.12 bits per heavy atom. The number of Topliss-reactive ketones (excluding diaryl/α,β-unsaturated/α-hetero) is 1. The Morgan fingerprint density at radius 3 is 2.69 bits per heavy atom. The second-order valence-corrected chi connectivity index (χ2v) is 4.66. The third kappa shape index (κ3) is 3.15. The Morgan fingerprint density at radius 1 is 1.44 bits per heavy atom. The van der Waals surface area contributed by atoms with E-state index in [-0.39, 0.29) is 17.7 Å². The summed E-state index contributed by atoms with van der Waals surface area (Å²) >= 11 is 0. The average Bonchev–Trinajstić information content (AvgIpc) is 2.20. The van der Waals surface area contributed by atoms with Crippen LogP contribution < -0.4 is 0 Å². The van der Waals surface area contributed by atoms with E-state index in [2.05, 4.69) is 5.18 Å². The smallest absolute Gasteiger partial charge is 0.157 e. The van der Waals surface area contributed by atoms with Gasteiger partial charge in [0.25, 0.3) is 0 Å². The Hall–Kier alpha value is -1.71. The molecule has 86 valence electrons. The van der Waals surface area contributed by atoms with Crippen molar-refractivity contribution in [3.63, 3.8) is 0 Å². The number of ketones is 1. The molecule has 0 atom stereocenters. The molecule has 0 aromatic rings. The van der Waals surface area contributed by atoms with Crippen LogP contribution in [0.4, 0.5) is 0 Å². The molecular weight excluding hydrogens is 204 g/mol. The molecule has 16 heavy (non-hydrogen) atoms. The lowest BCUT2D eigenvalue weighted by Gasteiger charge is -2.26. The van der Waals surface area contributed by atoms with E-state index in [9.17, 15) is 9.70 Å². The minimum Gasteiger partial charge on any atom is -0.339 e. The average molecular weight is 220 g/mol. The molecule has 0 spiro atoms. The van der Waals surface area contributed by atoms with Crippen molar-refractivity contribution in [3.8, 4) is 0 Å². The third-order valence-electron chi connectivity index (χ3n) is 2.31. The van der Waals surface area contributed by atoms with Crippen molar-refractivity contribution in [2.75, 3.05) is 6.54 Å². The number of nitroso groups, excluding NO2 is 1. The van der Waals surface area contributed by atoms with E-state index in [1.807, 2.05) is 26.8 Å². The van der Waals surface area contributed by atoms with Crippen molar-refractivity contribution < 1.29 is 4.79 Å². The first kappa shape index (κ1) is 12.4. The normalized spacial score (nSPS) is 17.9. The molecule has 1 rings (SSSR count). The van der Waals surface area contributed by atoms with Crippen LogP contribution in [0.1, 0.15) is 20.8 Å². The van der Waals surface area contributed by atoms with Crippen LogP contribution in [0, 0.1) is 10.3 Å². The number of carbonyl (C=O) groups is 1. The zero-order valence-electron chi connectivity index (χ0n) is 9.80. The Balaban J connectivity index is 2.77. The number of nitrogens with zero attached hydrogens (tertiary/aromatic N) is 2. The summed E-state index contributed by atoms with van der Waals surface area (Å²) in [4.78, 5) is 23.8. The molecule has 0 aromatic carbocycles. The fourth-order valence-electron chi connectivity index (χ4n) is 1.20. The molecule has 0 saturated heterocycles. The van der Waals surface area contributed by atoms with Crippen molar-refractivity contribution in [3.05, 3.63) is 41.2 Å². The maximum absolute atomic E-state index is 11.8. The molecule has 1 aliphatic heterocycles. The van der Waals surface area contributed by atoms with Crippen LogP contribution in [0.5, 0.6) is 0 Å². The van der Waals surface area contributed by atoms with Gasteiger partial charge in [0.05, 0.1) is 18.4 Å². The minimum atomic E-state index is -0.380. The van der Waals surface area contributed by atoms with E-state index in [4.69, 9.17) is 0 Å². The number of allylic oxidation sites excluding steroid dienone is 3. The maximum Gasteiger partial charge on any atom is 0.157 e. The lowest BCUT2D eigenvalue weighted by Crippen LogP contribution is -2.32. The predicted molar refractivity (Wildman–Crippen MR) is 63.3 cm³/mol. The molecule has 4 heteroatoms. The lowest BCUT2D eigenvalue weighted by molar-refractivity contribution is -0.126.